The van der Waals surface area contributed by atoms with Crippen molar-refractivity contribution in [2.45, 2.75) is 51.4 Å². The summed E-state index contributed by atoms with van der Waals surface area (Å²) in [4.78, 5) is 0. The van der Waals surface area contributed by atoms with Gasteiger partial charge in [-0.3, -0.25) is 0 Å². The highest BCUT2D eigenvalue weighted by Gasteiger charge is 2.28. The maximum absolute atomic E-state index is 11.7. The molecule has 0 aliphatic heterocycles. The van der Waals surface area contributed by atoms with E-state index in [-0.39, 0.29) is 34.5 Å². The Morgan fingerprint density at radius 2 is 0.840 bits per heavy atom. The van der Waals surface area contributed by atoms with Crippen LogP contribution in [-0.2, 0) is 31.1 Å². The smallest absolute Gasteiger partial charge is 0.122 e. The predicted molar refractivity (Wildman–Crippen MR) is 197 cm³/mol. The second kappa shape index (κ2) is 14.3. The van der Waals surface area contributed by atoms with Crippen LogP contribution in [0, 0.1) is 0 Å². The molecule has 6 rings (SSSR count). The third-order valence-corrected chi connectivity index (χ3v) is 9.55. The quantitative estimate of drug-likeness (QED) is 0.0884. The van der Waals surface area contributed by atoms with Crippen molar-refractivity contribution in [3.05, 3.63) is 183 Å². The maximum atomic E-state index is 11.7. The molecular formula is C44H42O6. The highest BCUT2D eigenvalue weighted by molar-refractivity contribution is 5.55. The fraction of sp³-hybridized carbons (Fsp3) is 0.182. The molecule has 6 nitrogen and oxygen atoms in total. The molecule has 0 spiro atoms. The molecule has 0 atom stereocenters. The highest BCUT2D eigenvalue weighted by atomic mass is 16.3. The molecule has 0 unspecified atom stereocenters. The molecule has 50 heavy (non-hydrogen) atoms. The number of hydrogen-bond acceptors (Lipinski definition) is 6. The molecule has 254 valence electrons. The normalized spacial score (nSPS) is 13.1. The Balaban J connectivity index is 1.47. The van der Waals surface area contributed by atoms with E-state index in [1.54, 1.807) is 48.6 Å². The van der Waals surface area contributed by atoms with Crippen LogP contribution in [0.3, 0.4) is 0 Å². The van der Waals surface area contributed by atoms with Crippen LogP contribution in [0.2, 0.25) is 0 Å². The predicted octanol–water partition coefficient (Wildman–Crippen LogP) is 9.18. The van der Waals surface area contributed by atoms with Gasteiger partial charge in [0, 0.05) is 24.7 Å². The molecular weight excluding hydrogens is 624 g/mol. The summed E-state index contributed by atoms with van der Waals surface area (Å²) in [6.45, 7) is 4.28. The summed E-state index contributed by atoms with van der Waals surface area (Å²) in [7, 11) is 0. The topological polar surface area (TPSA) is 121 Å². The van der Waals surface area contributed by atoms with Crippen molar-refractivity contribution >= 4 is 0 Å². The molecule has 6 heteroatoms. The van der Waals surface area contributed by atoms with Gasteiger partial charge in [-0.05, 0) is 111 Å². The fourth-order valence-electron chi connectivity index (χ4n) is 6.48. The number of benzene rings is 5. The van der Waals surface area contributed by atoms with Gasteiger partial charge in [-0.2, -0.15) is 0 Å². The Hall–Kier alpha value is -5.88. The lowest BCUT2D eigenvalue weighted by Gasteiger charge is -2.30. The Morgan fingerprint density at radius 3 is 1.22 bits per heavy atom. The summed E-state index contributed by atoms with van der Waals surface area (Å²) in [5.74, 6) is 1.13. The van der Waals surface area contributed by atoms with Gasteiger partial charge in [-0.1, -0.05) is 92.2 Å². The van der Waals surface area contributed by atoms with E-state index in [1.807, 2.05) is 66.7 Å². The lowest BCUT2D eigenvalue weighted by Crippen LogP contribution is -2.21. The Kier molecular flexibility index (Phi) is 9.73. The lowest BCUT2D eigenvalue weighted by atomic mass is 9.74. The molecule has 0 bridgehead atoms. The van der Waals surface area contributed by atoms with Crippen molar-refractivity contribution in [1.29, 1.82) is 0 Å². The Morgan fingerprint density at radius 1 is 0.480 bits per heavy atom. The molecule has 5 aromatic rings. The number of aliphatic hydroxyl groups is 1. The standard InChI is InChI=1S/C44H42O6/c1-44(2,37-26-34(22-30-9-16-40(47)17-10-30)43(50)35(27-37)23-31-11-18-41(48)19-12-31)36-24-32(20-28-4-3-5-38(45)13-6-28)42(49)33(25-36)21-29-7-14-39(46)15-8-29/h3,5-19,24-27,45-50H,4,20-23H2,1-2H3. The second-order valence-corrected chi connectivity index (χ2v) is 13.6. The third-order valence-electron chi connectivity index (χ3n) is 9.55. The van der Waals surface area contributed by atoms with E-state index in [0.717, 1.165) is 55.6 Å². The molecule has 0 radical (unpaired) electrons. The summed E-state index contributed by atoms with van der Waals surface area (Å²) in [6.07, 6.45) is 9.64. The average molecular weight is 667 g/mol. The van der Waals surface area contributed by atoms with E-state index < -0.39 is 5.41 Å². The number of phenolic OH excluding ortho intramolecular Hbond substituents is 5. The van der Waals surface area contributed by atoms with Crippen LogP contribution in [-0.4, -0.2) is 30.6 Å². The summed E-state index contributed by atoms with van der Waals surface area (Å²) in [5, 5.41) is 62.9. The zero-order chi connectivity index (χ0) is 35.4. The largest absolute Gasteiger partial charge is 0.508 e. The molecule has 0 aromatic heterocycles. The fourth-order valence-corrected chi connectivity index (χ4v) is 6.48. The van der Waals surface area contributed by atoms with E-state index in [2.05, 4.69) is 19.9 Å². The van der Waals surface area contributed by atoms with Gasteiger partial charge in [0.2, 0.25) is 0 Å². The van der Waals surface area contributed by atoms with Gasteiger partial charge in [0.1, 0.15) is 34.5 Å². The minimum Gasteiger partial charge on any atom is -0.508 e. The summed E-state index contributed by atoms with van der Waals surface area (Å²) >= 11 is 0. The molecule has 5 aromatic carbocycles. The SMILES string of the molecule is CC(C)(c1cc(CC2=CC=C(O)C=CC2)c(O)c(Cc2ccc(O)cc2)c1)c1cc(Cc2ccc(O)cc2)c(O)c(Cc2ccc(O)cc2)c1. The molecule has 1 aliphatic carbocycles. The summed E-state index contributed by atoms with van der Waals surface area (Å²) in [6, 6.07) is 29.1. The molecule has 0 saturated heterocycles. The van der Waals surface area contributed by atoms with Crippen LogP contribution in [0.5, 0.6) is 28.7 Å². The Bertz CT molecular complexity index is 2010. The molecule has 6 N–H and O–H groups in total. The molecule has 0 fully saturated rings. The van der Waals surface area contributed by atoms with Gasteiger partial charge in [0.05, 0.1) is 0 Å². The van der Waals surface area contributed by atoms with Gasteiger partial charge in [0.25, 0.3) is 0 Å². The van der Waals surface area contributed by atoms with Crippen LogP contribution in [0.15, 0.2) is 133 Å². The second-order valence-electron chi connectivity index (χ2n) is 13.6. The van der Waals surface area contributed by atoms with Crippen molar-refractivity contribution in [3.63, 3.8) is 0 Å². The minimum atomic E-state index is -0.580. The third kappa shape index (κ3) is 7.87. The van der Waals surface area contributed by atoms with Gasteiger partial charge in [0.15, 0.2) is 0 Å². The first-order valence-corrected chi connectivity index (χ1v) is 16.7. The number of aromatic hydroxyl groups is 5. The monoisotopic (exact) mass is 666 g/mol. The van der Waals surface area contributed by atoms with Crippen LogP contribution in [0.25, 0.3) is 0 Å². The van der Waals surface area contributed by atoms with Gasteiger partial charge >= 0.3 is 0 Å². The van der Waals surface area contributed by atoms with Crippen molar-refractivity contribution in [2.24, 2.45) is 0 Å². The summed E-state index contributed by atoms with van der Waals surface area (Å²) in [5.41, 5.74) is 8.29. The van der Waals surface area contributed by atoms with E-state index in [0.29, 0.717) is 32.1 Å². The number of allylic oxidation sites excluding steroid dienone is 5. The maximum Gasteiger partial charge on any atom is 0.122 e. The number of phenols is 5. The molecule has 0 heterocycles. The van der Waals surface area contributed by atoms with Gasteiger partial charge in [-0.15, -0.1) is 0 Å². The van der Waals surface area contributed by atoms with Crippen LogP contribution in [0.1, 0.15) is 70.3 Å². The van der Waals surface area contributed by atoms with Crippen LogP contribution >= 0.6 is 0 Å². The van der Waals surface area contributed by atoms with Crippen molar-refractivity contribution < 1.29 is 30.6 Å². The molecule has 1 aliphatic rings. The number of hydrogen-bond donors (Lipinski definition) is 6. The zero-order valence-corrected chi connectivity index (χ0v) is 28.3. The Labute approximate surface area is 292 Å². The molecule has 0 saturated carbocycles. The van der Waals surface area contributed by atoms with Crippen molar-refractivity contribution in [1.82, 2.24) is 0 Å². The minimum absolute atomic E-state index is 0.176. The summed E-state index contributed by atoms with van der Waals surface area (Å²) < 4.78 is 0. The zero-order valence-electron chi connectivity index (χ0n) is 28.3. The number of rotatable bonds is 10. The van der Waals surface area contributed by atoms with E-state index in [9.17, 15) is 30.6 Å². The van der Waals surface area contributed by atoms with Crippen molar-refractivity contribution in [2.75, 3.05) is 0 Å². The average Bonchev–Trinajstić information content (AvgIpc) is 3.30. The van der Waals surface area contributed by atoms with E-state index >= 15 is 0 Å². The molecule has 0 amide bonds. The van der Waals surface area contributed by atoms with Crippen molar-refractivity contribution in [3.8, 4) is 28.7 Å². The number of aliphatic hydroxyl groups excluding tert-OH is 1. The van der Waals surface area contributed by atoms with Gasteiger partial charge < -0.3 is 30.6 Å². The first-order valence-electron chi connectivity index (χ1n) is 16.7. The lowest BCUT2D eigenvalue weighted by molar-refractivity contribution is 0.432. The van der Waals surface area contributed by atoms with E-state index in [1.165, 1.54) is 0 Å². The van der Waals surface area contributed by atoms with E-state index in [4.69, 9.17) is 0 Å². The van der Waals surface area contributed by atoms with Crippen LogP contribution in [0.4, 0.5) is 0 Å². The highest BCUT2D eigenvalue weighted by Crippen LogP contribution is 2.41. The first kappa shape index (κ1) is 34.0. The van der Waals surface area contributed by atoms with Crippen LogP contribution < -0.4 is 0 Å². The first-order chi connectivity index (χ1) is 23.9. The van der Waals surface area contributed by atoms with Gasteiger partial charge in [-0.25, -0.2) is 0 Å².